The van der Waals surface area contributed by atoms with E-state index >= 15 is 0 Å². The summed E-state index contributed by atoms with van der Waals surface area (Å²) in [4.78, 5) is 17.7. The molecule has 0 bridgehead atoms. The number of benzene rings is 3. The minimum absolute atomic E-state index is 0.00826. The van der Waals surface area contributed by atoms with Gasteiger partial charge in [-0.15, -0.1) is 0 Å². The fourth-order valence-corrected chi connectivity index (χ4v) is 4.49. The molecule has 2 atom stereocenters. The molecule has 0 spiro atoms. The lowest BCUT2D eigenvalue weighted by Crippen LogP contribution is -2.51. The van der Waals surface area contributed by atoms with E-state index in [0.717, 1.165) is 22.4 Å². The molecule has 1 heterocycles. The topological polar surface area (TPSA) is 47.3 Å². The van der Waals surface area contributed by atoms with Gasteiger partial charge in [0, 0.05) is 19.6 Å². The number of amides is 1. The first-order valence-electron chi connectivity index (χ1n) is 11.2. The molecular weight excluding hydrogens is 394 g/mol. The molecule has 4 rings (SSSR count). The Balaban J connectivity index is 1.66. The second kappa shape index (κ2) is 9.28. The predicted octanol–water partition coefficient (Wildman–Crippen LogP) is 5.37. The van der Waals surface area contributed by atoms with Crippen LogP contribution in [0.1, 0.15) is 46.7 Å². The maximum Gasteiger partial charge on any atom is 0.229 e. The Labute approximate surface area is 190 Å². The van der Waals surface area contributed by atoms with Crippen LogP contribution in [0.4, 0.5) is 5.69 Å². The van der Waals surface area contributed by atoms with Gasteiger partial charge in [0.1, 0.15) is 6.07 Å². The van der Waals surface area contributed by atoms with Gasteiger partial charge in [0.15, 0.2) is 0 Å². The van der Waals surface area contributed by atoms with Gasteiger partial charge in [0.2, 0.25) is 5.91 Å². The van der Waals surface area contributed by atoms with Crippen molar-refractivity contribution >= 4 is 11.6 Å². The number of hydrogen-bond donors (Lipinski definition) is 0. The molecule has 0 radical (unpaired) electrons. The average Bonchev–Trinajstić information content (AvgIpc) is 2.84. The Hall–Kier alpha value is -3.58. The monoisotopic (exact) mass is 423 g/mol. The molecule has 1 amide bonds. The third kappa shape index (κ3) is 4.38. The molecule has 1 fully saturated rings. The smallest absolute Gasteiger partial charge is 0.229 e. The lowest BCUT2D eigenvalue weighted by molar-refractivity contribution is -0.133. The molecule has 0 aromatic heterocycles. The number of nitriles is 1. The van der Waals surface area contributed by atoms with Crippen LogP contribution in [0, 0.1) is 25.2 Å². The standard InChI is InChI=1S/C28H29N3O/c1-20-9-12-24(13-10-20)27-19-30(28(32)22(3)23-7-5-4-6-8-23)15-16-31(27)26-14-11-21(2)17-25(26)18-29/h4-14,17,22,27H,15-16,19H2,1-3H3. The summed E-state index contributed by atoms with van der Waals surface area (Å²) in [5.74, 6) is -0.0344. The molecule has 0 saturated carbocycles. The summed E-state index contributed by atoms with van der Waals surface area (Å²) >= 11 is 0. The van der Waals surface area contributed by atoms with Crippen molar-refractivity contribution in [3.05, 3.63) is 101 Å². The molecule has 3 aromatic rings. The summed E-state index contributed by atoms with van der Waals surface area (Å²) in [6, 6.07) is 26.9. The zero-order valence-electron chi connectivity index (χ0n) is 19.0. The van der Waals surface area contributed by atoms with Gasteiger partial charge >= 0.3 is 0 Å². The van der Waals surface area contributed by atoms with Gasteiger partial charge in [0.25, 0.3) is 0 Å². The zero-order valence-corrected chi connectivity index (χ0v) is 19.0. The average molecular weight is 424 g/mol. The highest BCUT2D eigenvalue weighted by molar-refractivity contribution is 5.83. The highest BCUT2D eigenvalue weighted by atomic mass is 16.2. The third-order valence-electron chi connectivity index (χ3n) is 6.41. The number of carbonyl (C=O) groups is 1. The summed E-state index contributed by atoms with van der Waals surface area (Å²) in [6.45, 7) is 7.98. The molecule has 2 unspecified atom stereocenters. The van der Waals surface area contributed by atoms with E-state index in [1.807, 2.05) is 61.2 Å². The molecule has 162 valence electrons. The lowest BCUT2D eigenvalue weighted by Gasteiger charge is -2.44. The van der Waals surface area contributed by atoms with E-state index in [0.29, 0.717) is 25.2 Å². The number of rotatable bonds is 4. The maximum atomic E-state index is 13.4. The Morgan fingerprint density at radius 3 is 2.34 bits per heavy atom. The second-order valence-corrected chi connectivity index (χ2v) is 8.67. The number of nitrogens with zero attached hydrogens (tertiary/aromatic N) is 3. The molecule has 1 aliphatic heterocycles. The minimum Gasteiger partial charge on any atom is -0.360 e. The van der Waals surface area contributed by atoms with E-state index in [9.17, 15) is 10.1 Å². The van der Waals surface area contributed by atoms with Gasteiger partial charge < -0.3 is 9.80 Å². The quantitative estimate of drug-likeness (QED) is 0.567. The molecule has 0 aliphatic carbocycles. The number of anilines is 1. The van der Waals surface area contributed by atoms with E-state index < -0.39 is 0 Å². The number of aryl methyl sites for hydroxylation is 2. The third-order valence-corrected chi connectivity index (χ3v) is 6.41. The van der Waals surface area contributed by atoms with Crippen molar-refractivity contribution in [2.24, 2.45) is 0 Å². The molecule has 1 aliphatic rings. The molecule has 0 N–H and O–H groups in total. The van der Waals surface area contributed by atoms with Crippen molar-refractivity contribution in [3.63, 3.8) is 0 Å². The largest absolute Gasteiger partial charge is 0.360 e. The van der Waals surface area contributed by atoms with Gasteiger partial charge in [-0.2, -0.15) is 5.26 Å². The van der Waals surface area contributed by atoms with Gasteiger partial charge in [-0.25, -0.2) is 0 Å². The molecule has 32 heavy (non-hydrogen) atoms. The summed E-state index contributed by atoms with van der Waals surface area (Å²) in [5.41, 5.74) is 6.09. The van der Waals surface area contributed by atoms with Crippen LogP contribution in [0.5, 0.6) is 0 Å². The first-order chi connectivity index (χ1) is 15.5. The van der Waals surface area contributed by atoms with Crippen LogP contribution in [0.3, 0.4) is 0 Å². The Morgan fingerprint density at radius 1 is 0.969 bits per heavy atom. The van der Waals surface area contributed by atoms with Gasteiger partial charge in [0.05, 0.1) is 23.2 Å². The van der Waals surface area contributed by atoms with E-state index in [4.69, 9.17) is 0 Å². The Bertz CT molecular complexity index is 1130. The molecule has 4 heteroatoms. The van der Waals surface area contributed by atoms with Gasteiger partial charge in [-0.05, 0) is 49.6 Å². The number of carbonyl (C=O) groups excluding carboxylic acids is 1. The maximum absolute atomic E-state index is 13.4. The van der Waals surface area contributed by atoms with Crippen LogP contribution in [0.2, 0.25) is 0 Å². The van der Waals surface area contributed by atoms with E-state index in [1.165, 1.54) is 5.56 Å². The van der Waals surface area contributed by atoms with Crippen LogP contribution in [-0.2, 0) is 4.79 Å². The lowest BCUT2D eigenvalue weighted by atomic mass is 9.96. The van der Waals surface area contributed by atoms with Gasteiger partial charge in [-0.3, -0.25) is 4.79 Å². The highest BCUT2D eigenvalue weighted by Gasteiger charge is 2.33. The first-order valence-corrected chi connectivity index (χ1v) is 11.2. The van der Waals surface area contributed by atoms with Crippen molar-refractivity contribution in [3.8, 4) is 6.07 Å². The number of piperazine rings is 1. The van der Waals surface area contributed by atoms with Crippen molar-refractivity contribution in [1.82, 2.24) is 4.90 Å². The summed E-state index contributed by atoms with van der Waals surface area (Å²) in [5, 5.41) is 9.76. The molecular formula is C28H29N3O. The summed E-state index contributed by atoms with van der Waals surface area (Å²) < 4.78 is 0. The minimum atomic E-state index is -0.185. The zero-order chi connectivity index (χ0) is 22.7. The van der Waals surface area contributed by atoms with Crippen LogP contribution >= 0.6 is 0 Å². The van der Waals surface area contributed by atoms with Crippen molar-refractivity contribution < 1.29 is 4.79 Å². The van der Waals surface area contributed by atoms with E-state index in [2.05, 4.69) is 48.2 Å². The van der Waals surface area contributed by atoms with Crippen LogP contribution in [0.15, 0.2) is 72.8 Å². The normalized spacial score (nSPS) is 17.0. The molecule has 1 saturated heterocycles. The van der Waals surface area contributed by atoms with E-state index in [1.54, 1.807) is 0 Å². The van der Waals surface area contributed by atoms with E-state index in [-0.39, 0.29) is 17.9 Å². The Kier molecular flexibility index (Phi) is 6.28. The van der Waals surface area contributed by atoms with Gasteiger partial charge in [-0.1, -0.05) is 66.2 Å². The van der Waals surface area contributed by atoms with Crippen LogP contribution < -0.4 is 4.90 Å². The predicted molar refractivity (Wildman–Crippen MR) is 129 cm³/mol. The fraction of sp³-hybridized carbons (Fsp3) is 0.286. The SMILES string of the molecule is Cc1ccc(C2CN(C(=O)C(C)c3ccccc3)CCN2c2ccc(C)cc2C#N)cc1. The van der Waals surface area contributed by atoms with Crippen molar-refractivity contribution in [1.29, 1.82) is 5.26 Å². The van der Waals surface area contributed by atoms with Crippen molar-refractivity contribution in [2.75, 3.05) is 24.5 Å². The van der Waals surface area contributed by atoms with Crippen LogP contribution in [-0.4, -0.2) is 30.4 Å². The highest BCUT2D eigenvalue weighted by Crippen LogP contribution is 2.34. The summed E-state index contributed by atoms with van der Waals surface area (Å²) in [6.07, 6.45) is 0. The molecule has 4 nitrogen and oxygen atoms in total. The molecule has 3 aromatic carbocycles. The second-order valence-electron chi connectivity index (χ2n) is 8.67. The van der Waals surface area contributed by atoms with Crippen molar-refractivity contribution in [2.45, 2.75) is 32.7 Å². The fourth-order valence-electron chi connectivity index (χ4n) is 4.49. The Morgan fingerprint density at radius 2 is 1.66 bits per heavy atom. The number of hydrogen-bond acceptors (Lipinski definition) is 3. The first kappa shape index (κ1) is 21.6. The summed E-state index contributed by atoms with van der Waals surface area (Å²) in [7, 11) is 0. The van der Waals surface area contributed by atoms with Crippen LogP contribution in [0.25, 0.3) is 0 Å².